The van der Waals surface area contributed by atoms with Crippen LogP contribution in [0.1, 0.15) is 12.8 Å². The number of halogens is 1. The highest BCUT2D eigenvalue weighted by Gasteiger charge is 2.33. The summed E-state index contributed by atoms with van der Waals surface area (Å²) in [6.45, 7) is 1.11. The number of piperidine rings is 1. The standard InChI is InChI=1S/C25H27BClN5O4S2/c1-37(33,34)22-10-4-5-11-23(22)38(35,36)31-12-6-7-17(16-31)14-28-24-13-21(18-8-2-3-9-20(18)27)30-25-19(26)15-29-32(24)25/h2-5,8-11,13,15,17,28H,6-7,12,14,16,26H2,1H3. The highest BCUT2D eigenvalue weighted by atomic mass is 35.5. The molecule has 5 rings (SSSR count). The molecule has 1 N–H and O–H groups in total. The number of fused-ring (bicyclic) bond motifs is 1. The Labute approximate surface area is 228 Å². The molecule has 0 bridgehead atoms. The van der Waals surface area contributed by atoms with Crippen LogP contribution in [0, 0.1) is 5.92 Å². The SMILES string of the molecule is Bc1cnn2c(NCC3CCCN(S(=O)(=O)c4ccccc4S(C)(=O)=O)C3)cc(-c3ccccc3Cl)nc12. The summed E-state index contributed by atoms with van der Waals surface area (Å²) in [6.07, 6.45) is 4.27. The third-order valence-corrected chi connectivity index (χ3v) is 10.3. The van der Waals surface area contributed by atoms with Gasteiger partial charge in [-0.25, -0.2) is 21.8 Å². The van der Waals surface area contributed by atoms with Crippen LogP contribution in [0.25, 0.3) is 16.9 Å². The summed E-state index contributed by atoms with van der Waals surface area (Å²) in [7, 11) is -5.76. The van der Waals surface area contributed by atoms with Crippen molar-refractivity contribution >= 4 is 56.2 Å². The van der Waals surface area contributed by atoms with E-state index in [4.69, 9.17) is 16.6 Å². The van der Waals surface area contributed by atoms with Gasteiger partial charge in [-0.1, -0.05) is 41.9 Å². The van der Waals surface area contributed by atoms with Gasteiger partial charge < -0.3 is 5.32 Å². The average molecular weight is 572 g/mol. The van der Waals surface area contributed by atoms with Crippen LogP contribution >= 0.6 is 11.6 Å². The number of nitrogens with one attached hydrogen (secondary N) is 1. The first kappa shape index (κ1) is 26.7. The molecule has 2 aromatic heterocycles. The Morgan fingerprint density at radius 2 is 1.79 bits per heavy atom. The Morgan fingerprint density at radius 1 is 1.08 bits per heavy atom. The third-order valence-electron chi connectivity index (χ3n) is 6.72. The van der Waals surface area contributed by atoms with Gasteiger partial charge in [0, 0.05) is 48.7 Å². The summed E-state index contributed by atoms with van der Waals surface area (Å²) < 4.78 is 54.6. The molecule has 3 heterocycles. The molecule has 1 unspecified atom stereocenters. The fraction of sp³-hybridized carbons (Fsp3) is 0.280. The summed E-state index contributed by atoms with van der Waals surface area (Å²) in [4.78, 5) is 4.41. The number of sulfone groups is 1. The maximum absolute atomic E-state index is 13.5. The van der Waals surface area contributed by atoms with Gasteiger partial charge >= 0.3 is 0 Å². The van der Waals surface area contributed by atoms with Crippen LogP contribution in [-0.4, -0.2) is 69.5 Å². The molecule has 0 amide bonds. The van der Waals surface area contributed by atoms with E-state index in [0.29, 0.717) is 35.9 Å². The number of aromatic nitrogens is 3. The normalized spacial score (nSPS) is 17.1. The van der Waals surface area contributed by atoms with Gasteiger partial charge in [0.05, 0.1) is 10.6 Å². The molecule has 0 aliphatic carbocycles. The molecule has 0 saturated carbocycles. The summed E-state index contributed by atoms with van der Waals surface area (Å²) >= 11 is 6.44. The number of rotatable bonds is 7. The molecule has 38 heavy (non-hydrogen) atoms. The van der Waals surface area contributed by atoms with Crippen molar-refractivity contribution in [2.45, 2.75) is 22.6 Å². The van der Waals surface area contributed by atoms with Crippen molar-refractivity contribution in [3.05, 3.63) is 65.8 Å². The van der Waals surface area contributed by atoms with E-state index >= 15 is 0 Å². The lowest BCUT2D eigenvalue weighted by Gasteiger charge is -2.32. The van der Waals surface area contributed by atoms with E-state index in [9.17, 15) is 16.8 Å². The monoisotopic (exact) mass is 571 g/mol. The molecule has 1 saturated heterocycles. The molecule has 9 nitrogen and oxygen atoms in total. The second kappa shape index (κ2) is 10.3. The van der Waals surface area contributed by atoms with E-state index in [1.165, 1.54) is 22.5 Å². The van der Waals surface area contributed by atoms with Crippen LogP contribution in [0.5, 0.6) is 0 Å². The van der Waals surface area contributed by atoms with Gasteiger partial charge in [0.1, 0.15) is 18.6 Å². The average Bonchev–Trinajstić information content (AvgIpc) is 3.28. The second-order valence-electron chi connectivity index (χ2n) is 9.54. The smallest absolute Gasteiger partial charge is 0.244 e. The summed E-state index contributed by atoms with van der Waals surface area (Å²) in [5.41, 5.74) is 3.14. The highest BCUT2D eigenvalue weighted by molar-refractivity contribution is 7.93. The predicted octanol–water partition coefficient (Wildman–Crippen LogP) is 2.22. The minimum absolute atomic E-state index is 0.00700. The first-order valence-corrected chi connectivity index (χ1v) is 15.9. The molecule has 1 aliphatic rings. The Hall–Kier alpha value is -2.93. The fourth-order valence-corrected chi connectivity index (χ4v) is 8.16. The lowest BCUT2D eigenvalue weighted by atomic mass is 9.99. The first-order chi connectivity index (χ1) is 18.1. The van der Waals surface area contributed by atoms with Crippen molar-refractivity contribution in [3.8, 4) is 11.3 Å². The van der Waals surface area contributed by atoms with Crippen LogP contribution in [0.4, 0.5) is 5.82 Å². The van der Waals surface area contributed by atoms with Gasteiger partial charge in [0.15, 0.2) is 15.5 Å². The molecular weight excluding hydrogens is 545 g/mol. The van der Waals surface area contributed by atoms with Gasteiger partial charge in [-0.05, 0) is 42.4 Å². The number of sulfonamides is 1. The second-order valence-corrected chi connectivity index (χ2v) is 13.8. The Balaban J connectivity index is 1.40. The zero-order chi connectivity index (χ0) is 27.1. The summed E-state index contributed by atoms with van der Waals surface area (Å²) in [5.74, 6) is 0.730. The van der Waals surface area contributed by atoms with Gasteiger partial charge in [0.2, 0.25) is 10.0 Å². The zero-order valence-corrected chi connectivity index (χ0v) is 23.4. The van der Waals surface area contributed by atoms with Crippen LogP contribution in [-0.2, 0) is 19.9 Å². The van der Waals surface area contributed by atoms with Crippen LogP contribution < -0.4 is 10.8 Å². The van der Waals surface area contributed by atoms with Gasteiger partial charge in [-0.15, -0.1) is 0 Å². The molecule has 1 atom stereocenters. The molecule has 198 valence electrons. The maximum Gasteiger partial charge on any atom is 0.244 e. The predicted molar refractivity (Wildman–Crippen MR) is 151 cm³/mol. The van der Waals surface area contributed by atoms with Crippen LogP contribution in [0.2, 0.25) is 5.02 Å². The Bertz CT molecular complexity index is 1730. The lowest BCUT2D eigenvalue weighted by Crippen LogP contribution is -2.42. The quantitative estimate of drug-likeness (QED) is 0.338. The number of nitrogens with zero attached hydrogens (tertiary/aromatic N) is 4. The summed E-state index contributed by atoms with van der Waals surface area (Å²) in [5, 5.41) is 8.50. The zero-order valence-electron chi connectivity index (χ0n) is 21.0. The van der Waals surface area contributed by atoms with Crippen LogP contribution in [0.3, 0.4) is 0 Å². The largest absolute Gasteiger partial charge is 0.370 e. The number of hydrogen-bond acceptors (Lipinski definition) is 7. The van der Waals surface area contributed by atoms with Crippen molar-refractivity contribution in [1.82, 2.24) is 18.9 Å². The van der Waals surface area contributed by atoms with Crippen molar-refractivity contribution in [3.63, 3.8) is 0 Å². The van der Waals surface area contributed by atoms with E-state index in [1.807, 2.05) is 38.2 Å². The van der Waals surface area contributed by atoms with Crippen LogP contribution in [0.15, 0.2) is 70.6 Å². The third kappa shape index (κ3) is 5.18. The number of hydrogen-bond donors (Lipinski definition) is 1. The van der Waals surface area contributed by atoms with Gasteiger partial charge in [-0.3, -0.25) is 0 Å². The van der Waals surface area contributed by atoms with E-state index < -0.39 is 19.9 Å². The number of anilines is 1. The lowest BCUT2D eigenvalue weighted by molar-refractivity contribution is 0.274. The van der Waals surface area contributed by atoms with Crippen molar-refractivity contribution in [2.24, 2.45) is 5.92 Å². The van der Waals surface area contributed by atoms with E-state index in [1.54, 1.807) is 16.8 Å². The molecule has 2 aromatic carbocycles. The van der Waals surface area contributed by atoms with Crippen molar-refractivity contribution in [1.29, 1.82) is 0 Å². The Morgan fingerprint density at radius 3 is 2.53 bits per heavy atom. The molecule has 13 heteroatoms. The molecule has 0 spiro atoms. The van der Waals surface area contributed by atoms with Gasteiger partial charge in [0.25, 0.3) is 0 Å². The van der Waals surface area contributed by atoms with Crippen molar-refractivity contribution in [2.75, 3.05) is 31.2 Å². The van der Waals surface area contributed by atoms with Crippen molar-refractivity contribution < 1.29 is 16.8 Å². The minimum atomic E-state index is -3.99. The molecule has 0 radical (unpaired) electrons. The molecule has 4 aromatic rings. The first-order valence-electron chi connectivity index (χ1n) is 12.2. The van der Waals surface area contributed by atoms with E-state index in [0.717, 1.165) is 29.5 Å². The molecule has 1 aliphatic heterocycles. The Kier molecular flexibility index (Phi) is 7.25. The maximum atomic E-state index is 13.5. The van der Waals surface area contributed by atoms with Gasteiger partial charge in [-0.2, -0.15) is 13.9 Å². The summed E-state index contributed by atoms with van der Waals surface area (Å²) in [6, 6.07) is 15.2. The molecular formula is C25H27BClN5O4S2. The minimum Gasteiger partial charge on any atom is -0.370 e. The highest BCUT2D eigenvalue weighted by Crippen LogP contribution is 2.30. The molecule has 1 fully saturated rings. The van der Waals surface area contributed by atoms with E-state index in [2.05, 4.69) is 10.4 Å². The number of benzene rings is 2. The fourth-order valence-electron chi connectivity index (χ4n) is 4.77. The topological polar surface area (TPSA) is 114 Å². The van der Waals surface area contributed by atoms with E-state index in [-0.39, 0.29) is 22.3 Å².